The lowest BCUT2D eigenvalue weighted by atomic mass is 9.95. The Balaban J connectivity index is 1.75. The van der Waals surface area contributed by atoms with Gasteiger partial charge in [-0.1, -0.05) is 36.3 Å². The van der Waals surface area contributed by atoms with Gasteiger partial charge in [-0.25, -0.2) is 9.59 Å². The van der Waals surface area contributed by atoms with Crippen LogP contribution in [0.15, 0.2) is 30.3 Å². The van der Waals surface area contributed by atoms with E-state index in [1.54, 1.807) is 44.2 Å². The largest absolute Gasteiger partial charge is 0.480 e. The Morgan fingerprint density at radius 1 is 1.30 bits per heavy atom. The Hall–Kier alpha value is -3.19. The summed E-state index contributed by atoms with van der Waals surface area (Å²) >= 11 is 1.33. The van der Waals surface area contributed by atoms with Gasteiger partial charge >= 0.3 is 12.0 Å². The smallest absolute Gasteiger partial charge is 0.327 e. The number of carbonyl (C=O) groups is 4. The van der Waals surface area contributed by atoms with E-state index >= 15 is 0 Å². The minimum absolute atomic E-state index is 0.00456. The molecule has 0 aliphatic carbocycles. The van der Waals surface area contributed by atoms with E-state index in [-0.39, 0.29) is 6.54 Å². The van der Waals surface area contributed by atoms with E-state index in [1.165, 1.54) is 16.7 Å². The molecule has 0 bridgehead atoms. The van der Waals surface area contributed by atoms with Crippen LogP contribution in [0.5, 0.6) is 0 Å². The van der Waals surface area contributed by atoms with Crippen molar-refractivity contribution in [3.8, 4) is 12.3 Å². The summed E-state index contributed by atoms with van der Waals surface area (Å²) in [6.07, 6.45) is 5.13. The molecule has 2 aliphatic rings. The van der Waals surface area contributed by atoms with Gasteiger partial charge in [-0.05, 0) is 19.4 Å². The molecule has 2 heterocycles. The summed E-state index contributed by atoms with van der Waals surface area (Å²) < 4.78 is -0.697. The first-order valence-electron chi connectivity index (χ1n) is 9.23. The standard InChI is InChI=1S/C20H22N4O5S/c1-4-10-21-19(29)23-12(11-8-6-5-7-9-11)15(25)22-13-16(26)24-14(18(27)28)20(2,3)30-17(13)24/h1,5-9,12-14,17H,10H2,2-3H3,(H,22,25)(H,27,28)(H2,21,23,29)/t12-,13-,14+,17-/m1/s1. The minimum Gasteiger partial charge on any atom is -0.480 e. The third kappa shape index (κ3) is 3.93. The highest BCUT2D eigenvalue weighted by atomic mass is 32.2. The molecule has 1 aromatic carbocycles. The maximum Gasteiger partial charge on any atom is 0.327 e. The monoisotopic (exact) mass is 430 g/mol. The highest BCUT2D eigenvalue weighted by Gasteiger charge is 2.64. The van der Waals surface area contributed by atoms with Gasteiger partial charge in [-0.2, -0.15) is 0 Å². The van der Waals surface area contributed by atoms with Crippen molar-refractivity contribution in [2.75, 3.05) is 6.54 Å². The second-order valence-corrected chi connectivity index (χ2v) is 9.23. The molecule has 30 heavy (non-hydrogen) atoms. The third-order valence-electron chi connectivity index (χ3n) is 4.99. The number of hydrogen-bond acceptors (Lipinski definition) is 5. The molecule has 9 nitrogen and oxygen atoms in total. The van der Waals surface area contributed by atoms with E-state index in [9.17, 15) is 24.3 Å². The Bertz CT molecular complexity index is 914. The maximum atomic E-state index is 13.0. The van der Waals surface area contributed by atoms with Gasteiger partial charge in [-0.3, -0.25) is 9.59 Å². The number of benzene rings is 1. The molecule has 2 fully saturated rings. The van der Waals surface area contributed by atoms with Crippen molar-refractivity contribution in [2.45, 2.75) is 42.1 Å². The second-order valence-electron chi connectivity index (χ2n) is 7.46. The van der Waals surface area contributed by atoms with E-state index in [0.29, 0.717) is 5.56 Å². The Labute approximate surface area is 178 Å². The molecule has 2 saturated heterocycles. The van der Waals surface area contributed by atoms with Crippen LogP contribution in [0, 0.1) is 12.3 Å². The van der Waals surface area contributed by atoms with Crippen LogP contribution in [-0.4, -0.2) is 62.6 Å². The summed E-state index contributed by atoms with van der Waals surface area (Å²) in [5.74, 6) is 0.156. The summed E-state index contributed by atoms with van der Waals surface area (Å²) in [6, 6.07) is 5.05. The first-order valence-corrected chi connectivity index (χ1v) is 10.1. The van der Waals surface area contributed by atoms with Crippen molar-refractivity contribution >= 4 is 35.6 Å². The van der Waals surface area contributed by atoms with E-state index in [1.807, 2.05) is 0 Å². The molecule has 0 unspecified atom stereocenters. The molecule has 10 heteroatoms. The van der Waals surface area contributed by atoms with Crippen LogP contribution in [0.1, 0.15) is 25.5 Å². The number of carbonyl (C=O) groups excluding carboxylic acids is 3. The number of β-lactam (4-membered cyclic amide) rings is 1. The van der Waals surface area contributed by atoms with Crippen molar-refractivity contribution in [1.82, 2.24) is 20.9 Å². The van der Waals surface area contributed by atoms with E-state index in [2.05, 4.69) is 21.9 Å². The highest BCUT2D eigenvalue weighted by Crippen LogP contribution is 2.50. The SMILES string of the molecule is C#CCNC(=O)N[C@@H](C(=O)N[C@@H]1C(=O)N2[C@@H]1SC(C)(C)[C@@H]2C(=O)O)c1ccccc1. The number of hydrogen-bond donors (Lipinski definition) is 4. The minimum atomic E-state index is -1.08. The van der Waals surface area contributed by atoms with E-state index in [0.717, 1.165) is 0 Å². The van der Waals surface area contributed by atoms with Crippen molar-refractivity contribution < 1.29 is 24.3 Å². The summed E-state index contributed by atoms with van der Waals surface area (Å²) in [6.45, 7) is 3.51. The Morgan fingerprint density at radius 2 is 1.97 bits per heavy atom. The average Bonchev–Trinajstić information content (AvgIpc) is 2.97. The van der Waals surface area contributed by atoms with Gasteiger partial charge < -0.3 is 26.0 Å². The molecule has 0 spiro atoms. The molecule has 3 rings (SSSR count). The topological polar surface area (TPSA) is 128 Å². The number of nitrogens with zero attached hydrogens (tertiary/aromatic N) is 1. The molecule has 0 saturated carbocycles. The highest BCUT2D eigenvalue weighted by molar-refractivity contribution is 8.01. The Morgan fingerprint density at radius 3 is 2.57 bits per heavy atom. The number of carboxylic acid groups (broad SMARTS) is 1. The van der Waals surface area contributed by atoms with E-state index in [4.69, 9.17) is 6.42 Å². The predicted molar refractivity (Wildman–Crippen MR) is 110 cm³/mol. The molecule has 158 valence electrons. The fourth-order valence-electron chi connectivity index (χ4n) is 3.64. The first kappa shape index (κ1) is 21.5. The van der Waals surface area contributed by atoms with Gasteiger partial charge in [-0.15, -0.1) is 18.2 Å². The fourth-order valence-corrected chi connectivity index (χ4v) is 5.27. The van der Waals surface area contributed by atoms with Gasteiger partial charge in [0.05, 0.1) is 6.54 Å². The van der Waals surface area contributed by atoms with Gasteiger partial charge in [0.2, 0.25) is 11.8 Å². The van der Waals surface area contributed by atoms with Crippen molar-refractivity contribution in [1.29, 1.82) is 0 Å². The number of rotatable bonds is 6. The van der Waals surface area contributed by atoms with Gasteiger partial charge in [0.25, 0.3) is 0 Å². The number of carboxylic acids is 1. The molecule has 4 amide bonds. The molecule has 4 N–H and O–H groups in total. The summed E-state index contributed by atoms with van der Waals surface area (Å²) in [5.41, 5.74) is 0.525. The van der Waals surface area contributed by atoms with E-state index < -0.39 is 52.1 Å². The second kappa shape index (κ2) is 8.28. The molecule has 1 aromatic rings. The molecule has 2 aliphatic heterocycles. The molecule has 0 radical (unpaired) electrons. The first-order chi connectivity index (χ1) is 14.2. The van der Waals surface area contributed by atoms with Crippen molar-refractivity contribution in [3.63, 3.8) is 0 Å². The van der Waals surface area contributed by atoms with Crippen LogP contribution < -0.4 is 16.0 Å². The molecule has 0 aromatic heterocycles. The number of aliphatic carboxylic acids is 1. The van der Waals surface area contributed by atoms with Crippen molar-refractivity contribution in [2.24, 2.45) is 0 Å². The fraction of sp³-hybridized carbons (Fsp3) is 0.400. The molecular weight excluding hydrogens is 408 g/mol. The van der Waals surface area contributed by atoms with Crippen molar-refractivity contribution in [3.05, 3.63) is 35.9 Å². The summed E-state index contributed by atoms with van der Waals surface area (Å²) in [4.78, 5) is 50.6. The van der Waals surface area contributed by atoms with Crippen LogP contribution in [-0.2, 0) is 14.4 Å². The summed E-state index contributed by atoms with van der Waals surface area (Å²) in [7, 11) is 0. The van der Waals surface area contributed by atoms with Crippen LogP contribution in [0.2, 0.25) is 0 Å². The van der Waals surface area contributed by atoms with Crippen LogP contribution in [0.4, 0.5) is 4.79 Å². The van der Waals surface area contributed by atoms with Gasteiger partial charge in [0, 0.05) is 4.75 Å². The number of nitrogens with one attached hydrogen (secondary N) is 3. The lowest BCUT2D eigenvalue weighted by molar-refractivity contribution is -0.161. The molecular formula is C20H22N4O5S. The lowest BCUT2D eigenvalue weighted by Gasteiger charge is -2.44. The molecule has 4 atom stereocenters. The zero-order chi connectivity index (χ0) is 22.1. The third-order valence-corrected chi connectivity index (χ3v) is 6.57. The van der Waals surface area contributed by atoms with Crippen LogP contribution in [0.3, 0.4) is 0 Å². The lowest BCUT2D eigenvalue weighted by Crippen LogP contribution is -2.71. The number of urea groups is 1. The quantitative estimate of drug-likeness (QED) is 0.380. The number of amides is 4. The predicted octanol–water partition coefficient (Wildman–Crippen LogP) is 0.292. The zero-order valence-corrected chi connectivity index (χ0v) is 17.2. The maximum absolute atomic E-state index is 13.0. The zero-order valence-electron chi connectivity index (χ0n) is 16.4. The van der Waals surface area contributed by atoms with Gasteiger partial charge in [0.1, 0.15) is 23.5 Å². The number of fused-ring (bicyclic) bond motifs is 1. The van der Waals surface area contributed by atoms with Crippen LogP contribution in [0.25, 0.3) is 0 Å². The normalized spacial score (nSPS) is 24.6. The Kier molecular flexibility index (Phi) is 5.94. The average molecular weight is 430 g/mol. The number of terminal acetylenes is 1. The summed E-state index contributed by atoms with van der Waals surface area (Å²) in [5, 5.41) is 16.7. The van der Waals surface area contributed by atoms with Crippen LogP contribution >= 0.6 is 11.8 Å². The van der Waals surface area contributed by atoms with Gasteiger partial charge in [0.15, 0.2) is 0 Å². The number of thioether (sulfide) groups is 1.